The van der Waals surface area contributed by atoms with Crippen LogP contribution in [-0.4, -0.2) is 9.97 Å². The molecule has 0 radical (unpaired) electrons. The van der Waals surface area contributed by atoms with Crippen molar-refractivity contribution in [2.45, 2.75) is 38.9 Å². The summed E-state index contributed by atoms with van der Waals surface area (Å²) in [6.07, 6.45) is -3.53. The fraction of sp³-hybridized carbons (Fsp3) is 0.429. The van der Waals surface area contributed by atoms with Crippen molar-refractivity contribution in [2.75, 3.05) is 5.32 Å². The molecule has 0 bridgehead atoms. The predicted octanol–water partition coefficient (Wildman–Crippen LogP) is 4.85. The number of nitrogens with one attached hydrogen (secondary N) is 1. The SMILES string of the molecule is CC(C)c1nc(C(C)Nc2ccc(C(F)(F)F)cn2)cs1. The average Bonchev–Trinajstić information content (AvgIpc) is 2.88. The van der Waals surface area contributed by atoms with Gasteiger partial charge in [0.05, 0.1) is 22.3 Å². The van der Waals surface area contributed by atoms with E-state index in [0.29, 0.717) is 11.7 Å². The molecule has 0 aliphatic rings. The molecule has 0 amide bonds. The maximum atomic E-state index is 12.5. The topological polar surface area (TPSA) is 37.8 Å². The van der Waals surface area contributed by atoms with Crippen molar-refractivity contribution in [2.24, 2.45) is 0 Å². The van der Waals surface area contributed by atoms with Gasteiger partial charge in [-0.05, 0) is 19.1 Å². The van der Waals surface area contributed by atoms with Crippen molar-refractivity contribution in [3.05, 3.63) is 40.0 Å². The molecule has 0 aliphatic carbocycles. The van der Waals surface area contributed by atoms with Crippen LogP contribution in [0.25, 0.3) is 0 Å². The van der Waals surface area contributed by atoms with Crippen LogP contribution < -0.4 is 5.32 Å². The number of pyridine rings is 1. The van der Waals surface area contributed by atoms with Gasteiger partial charge in [-0.1, -0.05) is 13.8 Å². The maximum absolute atomic E-state index is 12.5. The number of aromatic nitrogens is 2. The number of hydrogen-bond acceptors (Lipinski definition) is 4. The van der Waals surface area contributed by atoms with Crippen LogP contribution in [0, 0.1) is 0 Å². The highest BCUT2D eigenvalue weighted by Crippen LogP contribution is 2.29. The first-order valence-corrected chi connectivity index (χ1v) is 7.40. The number of rotatable bonds is 4. The highest BCUT2D eigenvalue weighted by Gasteiger charge is 2.30. The van der Waals surface area contributed by atoms with E-state index in [1.807, 2.05) is 12.3 Å². The quantitative estimate of drug-likeness (QED) is 0.876. The highest BCUT2D eigenvalue weighted by molar-refractivity contribution is 7.09. The molecule has 2 heterocycles. The highest BCUT2D eigenvalue weighted by atomic mass is 32.1. The van der Waals surface area contributed by atoms with Gasteiger partial charge >= 0.3 is 6.18 Å². The first kappa shape index (κ1) is 15.8. The van der Waals surface area contributed by atoms with Gasteiger partial charge in [-0.3, -0.25) is 0 Å². The molecule has 7 heteroatoms. The molecule has 2 aromatic heterocycles. The predicted molar refractivity (Wildman–Crippen MR) is 77.5 cm³/mol. The fourth-order valence-electron chi connectivity index (χ4n) is 1.71. The van der Waals surface area contributed by atoms with Crippen LogP contribution >= 0.6 is 11.3 Å². The van der Waals surface area contributed by atoms with Gasteiger partial charge in [0.2, 0.25) is 0 Å². The molecule has 2 rings (SSSR count). The maximum Gasteiger partial charge on any atom is 0.417 e. The lowest BCUT2D eigenvalue weighted by atomic mass is 10.2. The number of halogens is 3. The summed E-state index contributed by atoms with van der Waals surface area (Å²) in [5.74, 6) is 0.759. The van der Waals surface area contributed by atoms with Gasteiger partial charge in [0.25, 0.3) is 0 Å². The van der Waals surface area contributed by atoms with Crippen LogP contribution in [0.5, 0.6) is 0 Å². The molecule has 1 N–H and O–H groups in total. The zero-order chi connectivity index (χ0) is 15.6. The van der Waals surface area contributed by atoms with E-state index in [1.165, 1.54) is 6.07 Å². The first-order chi connectivity index (χ1) is 9.77. The third-order valence-corrected chi connectivity index (χ3v) is 4.10. The Morgan fingerprint density at radius 3 is 2.38 bits per heavy atom. The summed E-state index contributed by atoms with van der Waals surface area (Å²) in [7, 11) is 0. The molecule has 0 aromatic carbocycles. The molecule has 0 fully saturated rings. The van der Waals surface area contributed by atoms with Gasteiger partial charge in [-0.15, -0.1) is 11.3 Å². The van der Waals surface area contributed by atoms with E-state index in [2.05, 4.69) is 29.1 Å². The second-order valence-electron chi connectivity index (χ2n) is 5.06. The van der Waals surface area contributed by atoms with E-state index in [1.54, 1.807) is 11.3 Å². The Kier molecular flexibility index (Phi) is 4.51. The third kappa shape index (κ3) is 3.93. The standard InChI is InChI=1S/C14H16F3N3S/c1-8(2)13-20-11(7-21-13)9(3)19-12-5-4-10(6-18-12)14(15,16)17/h4-9H,1-3H3,(H,18,19). The Morgan fingerprint density at radius 2 is 1.90 bits per heavy atom. The summed E-state index contributed by atoms with van der Waals surface area (Å²) in [4.78, 5) is 8.31. The number of thiazole rings is 1. The average molecular weight is 315 g/mol. The number of hydrogen-bond donors (Lipinski definition) is 1. The van der Waals surface area contributed by atoms with Crippen molar-refractivity contribution in [1.29, 1.82) is 0 Å². The van der Waals surface area contributed by atoms with Crippen LogP contribution in [0.3, 0.4) is 0 Å². The lowest BCUT2D eigenvalue weighted by molar-refractivity contribution is -0.137. The molecule has 114 valence electrons. The number of nitrogens with zero attached hydrogens (tertiary/aromatic N) is 2. The van der Waals surface area contributed by atoms with E-state index in [9.17, 15) is 13.2 Å². The third-order valence-electron chi connectivity index (χ3n) is 2.93. The van der Waals surface area contributed by atoms with Gasteiger partial charge in [0.15, 0.2) is 0 Å². The number of anilines is 1. The Balaban J connectivity index is 2.06. The van der Waals surface area contributed by atoms with Crippen LogP contribution in [0.4, 0.5) is 19.0 Å². The summed E-state index contributed by atoms with van der Waals surface area (Å²) < 4.78 is 37.4. The largest absolute Gasteiger partial charge is 0.417 e. The molecule has 0 spiro atoms. The summed E-state index contributed by atoms with van der Waals surface area (Å²) in [5, 5.41) is 6.05. The Hall–Kier alpha value is -1.63. The summed E-state index contributed by atoms with van der Waals surface area (Å²) in [5.41, 5.74) is 0.113. The van der Waals surface area contributed by atoms with Crippen molar-refractivity contribution in [1.82, 2.24) is 9.97 Å². The monoisotopic (exact) mass is 315 g/mol. The molecule has 0 saturated carbocycles. The molecule has 2 aromatic rings. The lowest BCUT2D eigenvalue weighted by Crippen LogP contribution is -2.10. The zero-order valence-electron chi connectivity index (χ0n) is 11.9. The minimum absolute atomic E-state index is 0.113. The van der Waals surface area contributed by atoms with Crippen LogP contribution in [0.2, 0.25) is 0 Å². The van der Waals surface area contributed by atoms with Crippen molar-refractivity contribution in [3.63, 3.8) is 0 Å². The second kappa shape index (κ2) is 6.01. The molecule has 21 heavy (non-hydrogen) atoms. The summed E-state index contributed by atoms with van der Waals surface area (Å²) in [6, 6.07) is 2.23. The lowest BCUT2D eigenvalue weighted by Gasteiger charge is -2.13. The normalized spacial score (nSPS) is 13.5. The zero-order valence-corrected chi connectivity index (χ0v) is 12.7. The van der Waals surface area contributed by atoms with E-state index in [0.717, 1.165) is 23.0 Å². The molecular formula is C14H16F3N3S. The minimum atomic E-state index is -4.36. The van der Waals surface area contributed by atoms with Crippen LogP contribution in [0.1, 0.15) is 49.0 Å². The molecule has 1 atom stereocenters. The van der Waals surface area contributed by atoms with E-state index in [4.69, 9.17) is 0 Å². The van der Waals surface area contributed by atoms with Crippen molar-refractivity contribution in [3.8, 4) is 0 Å². The molecule has 0 saturated heterocycles. The van der Waals surface area contributed by atoms with Crippen molar-refractivity contribution < 1.29 is 13.2 Å². The fourth-order valence-corrected chi connectivity index (χ4v) is 2.64. The van der Waals surface area contributed by atoms with Crippen LogP contribution in [0.15, 0.2) is 23.7 Å². The van der Waals surface area contributed by atoms with Gasteiger partial charge in [0, 0.05) is 17.5 Å². The van der Waals surface area contributed by atoms with E-state index in [-0.39, 0.29) is 6.04 Å². The minimum Gasteiger partial charge on any atom is -0.362 e. The van der Waals surface area contributed by atoms with Gasteiger partial charge in [-0.25, -0.2) is 9.97 Å². The first-order valence-electron chi connectivity index (χ1n) is 6.52. The summed E-state index contributed by atoms with van der Waals surface area (Å²) >= 11 is 1.58. The Labute approximate surface area is 125 Å². The van der Waals surface area contributed by atoms with Crippen molar-refractivity contribution >= 4 is 17.2 Å². The molecule has 1 unspecified atom stereocenters. The Morgan fingerprint density at radius 1 is 1.19 bits per heavy atom. The smallest absolute Gasteiger partial charge is 0.362 e. The van der Waals surface area contributed by atoms with Crippen LogP contribution in [-0.2, 0) is 6.18 Å². The van der Waals surface area contributed by atoms with Gasteiger partial charge in [0.1, 0.15) is 5.82 Å². The molecule has 3 nitrogen and oxygen atoms in total. The summed E-state index contributed by atoms with van der Waals surface area (Å²) in [6.45, 7) is 6.04. The van der Waals surface area contributed by atoms with E-state index >= 15 is 0 Å². The molecule has 0 aliphatic heterocycles. The number of alkyl halides is 3. The molecular weight excluding hydrogens is 299 g/mol. The Bertz CT molecular complexity index is 590. The van der Waals surface area contributed by atoms with Gasteiger partial charge < -0.3 is 5.32 Å². The second-order valence-corrected chi connectivity index (χ2v) is 5.95. The van der Waals surface area contributed by atoms with Gasteiger partial charge in [-0.2, -0.15) is 13.2 Å². The van der Waals surface area contributed by atoms with E-state index < -0.39 is 11.7 Å².